The molecule has 0 unspecified atom stereocenters. The van der Waals surface area contributed by atoms with Crippen LogP contribution in [0.5, 0.6) is 0 Å². The van der Waals surface area contributed by atoms with Crippen molar-refractivity contribution in [1.82, 2.24) is 0 Å². The highest BCUT2D eigenvalue weighted by atomic mass is 16.5. The molecule has 0 saturated heterocycles. The zero-order chi connectivity index (χ0) is 8.10. The lowest BCUT2D eigenvalue weighted by molar-refractivity contribution is -0.105. The van der Waals surface area contributed by atoms with Gasteiger partial charge >= 0.3 is 0 Å². The van der Waals surface area contributed by atoms with E-state index in [1.807, 2.05) is 6.08 Å². The minimum atomic E-state index is 0.683. The van der Waals surface area contributed by atoms with E-state index in [1.54, 1.807) is 7.11 Å². The summed E-state index contributed by atoms with van der Waals surface area (Å²) in [4.78, 5) is 10.3. The molecular weight excluding hydrogens is 140 g/mol. The zero-order valence-corrected chi connectivity index (χ0v) is 6.67. The molecule has 0 aromatic carbocycles. The third kappa shape index (κ3) is 2.31. The summed E-state index contributed by atoms with van der Waals surface area (Å²) in [5, 5.41) is 0. The van der Waals surface area contributed by atoms with E-state index in [0.717, 1.165) is 24.7 Å². The SMILES string of the molecule is COCC1=CCC(C=O)=CC1. The largest absolute Gasteiger partial charge is 0.380 e. The first-order chi connectivity index (χ1) is 5.36. The quantitative estimate of drug-likeness (QED) is 0.452. The van der Waals surface area contributed by atoms with Gasteiger partial charge < -0.3 is 4.74 Å². The maximum Gasteiger partial charge on any atom is 0.146 e. The number of ether oxygens (including phenoxy) is 1. The monoisotopic (exact) mass is 152 g/mol. The van der Waals surface area contributed by atoms with Gasteiger partial charge in [-0.05, 0) is 24.0 Å². The second-order valence-corrected chi connectivity index (χ2v) is 2.60. The van der Waals surface area contributed by atoms with E-state index in [4.69, 9.17) is 4.74 Å². The summed E-state index contributed by atoms with van der Waals surface area (Å²) in [6, 6.07) is 0. The van der Waals surface area contributed by atoms with Crippen LogP contribution >= 0.6 is 0 Å². The van der Waals surface area contributed by atoms with Gasteiger partial charge in [-0.15, -0.1) is 0 Å². The lowest BCUT2D eigenvalue weighted by Crippen LogP contribution is -1.99. The Morgan fingerprint density at radius 2 is 2.36 bits per heavy atom. The third-order valence-corrected chi connectivity index (χ3v) is 1.73. The Labute approximate surface area is 66.5 Å². The van der Waals surface area contributed by atoms with Gasteiger partial charge in [-0.1, -0.05) is 12.2 Å². The number of hydrogen-bond acceptors (Lipinski definition) is 2. The number of allylic oxidation sites excluding steroid dienone is 3. The molecule has 0 aromatic heterocycles. The number of hydrogen-bond donors (Lipinski definition) is 0. The van der Waals surface area contributed by atoms with Gasteiger partial charge in [-0.3, -0.25) is 4.79 Å². The summed E-state index contributed by atoms with van der Waals surface area (Å²) in [5.41, 5.74) is 2.14. The number of carbonyl (C=O) groups is 1. The van der Waals surface area contributed by atoms with Crippen molar-refractivity contribution >= 4 is 6.29 Å². The molecule has 0 aliphatic heterocycles. The summed E-state index contributed by atoms with van der Waals surface area (Å²) in [6.45, 7) is 0.683. The van der Waals surface area contributed by atoms with Crippen molar-refractivity contribution in [2.75, 3.05) is 13.7 Å². The molecule has 0 radical (unpaired) electrons. The number of aldehydes is 1. The predicted octanol–water partition coefficient (Wildman–Crippen LogP) is 1.48. The molecule has 0 amide bonds. The van der Waals surface area contributed by atoms with E-state index in [0.29, 0.717) is 6.61 Å². The topological polar surface area (TPSA) is 26.3 Å². The summed E-state index contributed by atoms with van der Waals surface area (Å²) >= 11 is 0. The van der Waals surface area contributed by atoms with Gasteiger partial charge in [-0.25, -0.2) is 0 Å². The molecule has 0 fully saturated rings. The van der Waals surface area contributed by atoms with Gasteiger partial charge in [0, 0.05) is 7.11 Å². The minimum absolute atomic E-state index is 0.683. The maximum absolute atomic E-state index is 10.3. The van der Waals surface area contributed by atoms with E-state index in [9.17, 15) is 4.79 Å². The first-order valence-corrected chi connectivity index (χ1v) is 3.68. The van der Waals surface area contributed by atoms with Crippen molar-refractivity contribution < 1.29 is 9.53 Å². The van der Waals surface area contributed by atoms with E-state index in [2.05, 4.69) is 6.08 Å². The molecule has 0 heterocycles. The fourth-order valence-corrected chi connectivity index (χ4v) is 1.09. The summed E-state index contributed by atoms with van der Waals surface area (Å²) in [6.07, 6.45) is 6.57. The van der Waals surface area contributed by atoms with Crippen molar-refractivity contribution in [3.8, 4) is 0 Å². The highest BCUT2D eigenvalue weighted by Crippen LogP contribution is 2.15. The van der Waals surface area contributed by atoms with E-state index < -0.39 is 0 Å². The second-order valence-electron chi connectivity index (χ2n) is 2.60. The average Bonchev–Trinajstić information content (AvgIpc) is 2.07. The summed E-state index contributed by atoms with van der Waals surface area (Å²) in [7, 11) is 1.68. The molecule has 0 aromatic rings. The number of rotatable bonds is 3. The van der Waals surface area contributed by atoms with Crippen molar-refractivity contribution in [3.63, 3.8) is 0 Å². The first kappa shape index (κ1) is 8.21. The Balaban J connectivity index is 2.43. The molecule has 11 heavy (non-hydrogen) atoms. The molecule has 1 aliphatic carbocycles. The predicted molar refractivity (Wildman–Crippen MR) is 43.3 cm³/mol. The van der Waals surface area contributed by atoms with Crippen LogP contribution in [0.15, 0.2) is 23.3 Å². The van der Waals surface area contributed by atoms with Crippen molar-refractivity contribution in [3.05, 3.63) is 23.3 Å². The minimum Gasteiger partial charge on any atom is -0.380 e. The van der Waals surface area contributed by atoms with Crippen LogP contribution in [0.3, 0.4) is 0 Å². The lowest BCUT2D eigenvalue weighted by Gasteiger charge is -2.08. The number of methoxy groups -OCH3 is 1. The Morgan fingerprint density at radius 3 is 2.82 bits per heavy atom. The Kier molecular flexibility index (Phi) is 3.05. The lowest BCUT2D eigenvalue weighted by atomic mass is 10.0. The van der Waals surface area contributed by atoms with Crippen LogP contribution in [0, 0.1) is 0 Å². The van der Waals surface area contributed by atoms with Crippen molar-refractivity contribution in [1.29, 1.82) is 0 Å². The Bertz CT molecular complexity index is 202. The molecule has 1 aliphatic rings. The first-order valence-electron chi connectivity index (χ1n) is 3.68. The van der Waals surface area contributed by atoms with Gasteiger partial charge in [0.05, 0.1) is 6.61 Å². The molecule has 0 N–H and O–H groups in total. The zero-order valence-electron chi connectivity index (χ0n) is 6.67. The number of carbonyl (C=O) groups excluding carboxylic acids is 1. The molecule has 0 spiro atoms. The van der Waals surface area contributed by atoms with E-state index in [-0.39, 0.29) is 0 Å². The molecule has 1 rings (SSSR count). The standard InChI is InChI=1S/C9H12O2/c1-11-7-9-4-2-8(6-10)3-5-9/h2,5-6H,3-4,7H2,1H3. The molecule has 2 heteroatoms. The molecular formula is C9H12O2. The van der Waals surface area contributed by atoms with Gasteiger partial charge in [0.2, 0.25) is 0 Å². The highest BCUT2D eigenvalue weighted by molar-refractivity contribution is 5.74. The Morgan fingerprint density at radius 1 is 1.55 bits per heavy atom. The van der Waals surface area contributed by atoms with Crippen molar-refractivity contribution in [2.45, 2.75) is 12.8 Å². The van der Waals surface area contributed by atoms with Crippen LogP contribution in [0.4, 0.5) is 0 Å². The van der Waals surface area contributed by atoms with Crippen LogP contribution in [0.1, 0.15) is 12.8 Å². The molecule has 0 saturated carbocycles. The van der Waals surface area contributed by atoms with Gasteiger partial charge in [0.15, 0.2) is 0 Å². The van der Waals surface area contributed by atoms with Crippen molar-refractivity contribution in [2.24, 2.45) is 0 Å². The summed E-state index contributed by atoms with van der Waals surface area (Å²) in [5.74, 6) is 0. The highest BCUT2D eigenvalue weighted by Gasteiger charge is 2.03. The maximum atomic E-state index is 10.3. The molecule has 60 valence electrons. The average molecular weight is 152 g/mol. The van der Waals surface area contributed by atoms with Gasteiger partial charge in [0.1, 0.15) is 6.29 Å². The molecule has 2 nitrogen and oxygen atoms in total. The third-order valence-electron chi connectivity index (χ3n) is 1.73. The molecule has 0 atom stereocenters. The van der Waals surface area contributed by atoms with E-state index in [1.165, 1.54) is 5.57 Å². The van der Waals surface area contributed by atoms with E-state index >= 15 is 0 Å². The fraction of sp³-hybridized carbons (Fsp3) is 0.444. The van der Waals surface area contributed by atoms with Crippen LogP contribution < -0.4 is 0 Å². The molecule has 0 bridgehead atoms. The summed E-state index contributed by atoms with van der Waals surface area (Å²) < 4.78 is 4.96. The van der Waals surface area contributed by atoms with Crippen LogP contribution in [0.2, 0.25) is 0 Å². The van der Waals surface area contributed by atoms with Crippen LogP contribution in [-0.4, -0.2) is 20.0 Å². The smallest absolute Gasteiger partial charge is 0.146 e. The van der Waals surface area contributed by atoms with Crippen LogP contribution in [-0.2, 0) is 9.53 Å². The fourth-order valence-electron chi connectivity index (χ4n) is 1.09. The van der Waals surface area contributed by atoms with Gasteiger partial charge in [-0.2, -0.15) is 0 Å². The van der Waals surface area contributed by atoms with Crippen LogP contribution in [0.25, 0.3) is 0 Å². The Hall–Kier alpha value is -0.890. The normalized spacial score (nSPS) is 17.2. The second kappa shape index (κ2) is 4.09. The van der Waals surface area contributed by atoms with Gasteiger partial charge in [0.25, 0.3) is 0 Å².